The highest BCUT2D eigenvalue weighted by molar-refractivity contribution is 6.09. The summed E-state index contributed by atoms with van der Waals surface area (Å²) in [4.78, 5) is 51.7. The van der Waals surface area contributed by atoms with Crippen LogP contribution >= 0.6 is 0 Å². The third kappa shape index (κ3) is 3.19. The Balaban J connectivity index is 1.21. The highest BCUT2D eigenvalue weighted by Gasteiger charge is 2.62. The van der Waals surface area contributed by atoms with Crippen LogP contribution in [0.1, 0.15) is 26.2 Å². The average molecular weight is 420 g/mol. The summed E-state index contributed by atoms with van der Waals surface area (Å²) in [5, 5.41) is 4.62. The van der Waals surface area contributed by atoms with Gasteiger partial charge in [0.1, 0.15) is 6.04 Å². The predicted molar refractivity (Wildman–Crippen MR) is 113 cm³/mol. The molecular weight excluding hydrogens is 396 g/mol. The second-order valence-corrected chi connectivity index (χ2v) is 8.79. The van der Waals surface area contributed by atoms with E-state index in [-0.39, 0.29) is 35.5 Å². The lowest BCUT2D eigenvalue weighted by atomic mass is 9.81. The van der Waals surface area contributed by atoms with Crippen molar-refractivity contribution in [1.82, 2.24) is 4.90 Å². The van der Waals surface area contributed by atoms with Crippen molar-refractivity contribution in [2.75, 3.05) is 11.9 Å². The molecule has 1 saturated heterocycles. The number of nitrogens with one attached hydrogen (secondary N) is 1. The Kier molecular flexibility index (Phi) is 4.76. The van der Waals surface area contributed by atoms with Crippen LogP contribution in [0.2, 0.25) is 0 Å². The van der Waals surface area contributed by atoms with E-state index in [1.807, 2.05) is 36.4 Å². The molecule has 3 aliphatic rings. The van der Waals surface area contributed by atoms with Crippen LogP contribution in [0.5, 0.6) is 0 Å². The minimum atomic E-state index is -1.03. The summed E-state index contributed by atoms with van der Waals surface area (Å²) in [6.45, 7) is 1.00. The molecule has 2 aliphatic carbocycles. The minimum Gasteiger partial charge on any atom is -0.454 e. The number of nitrogens with zero attached hydrogens (tertiary/aromatic N) is 1. The number of carbonyl (C=O) groups is 4. The summed E-state index contributed by atoms with van der Waals surface area (Å²) in [6.07, 6.45) is 2.89. The molecule has 2 saturated carbocycles. The fourth-order valence-corrected chi connectivity index (χ4v) is 5.70. The molecule has 160 valence electrons. The van der Waals surface area contributed by atoms with E-state index in [4.69, 9.17) is 4.74 Å². The van der Waals surface area contributed by atoms with Crippen LogP contribution in [0.15, 0.2) is 42.5 Å². The van der Waals surface area contributed by atoms with E-state index in [0.717, 1.165) is 34.9 Å². The lowest BCUT2D eigenvalue weighted by Crippen LogP contribution is -2.45. The molecule has 2 aromatic rings. The molecule has 31 heavy (non-hydrogen) atoms. The molecular formula is C24H24N2O5. The van der Waals surface area contributed by atoms with Crippen LogP contribution in [0.4, 0.5) is 5.69 Å². The number of benzene rings is 2. The van der Waals surface area contributed by atoms with Gasteiger partial charge in [-0.1, -0.05) is 36.4 Å². The lowest BCUT2D eigenvalue weighted by molar-refractivity contribution is -0.159. The fraction of sp³-hybridized carbons (Fsp3) is 0.417. The third-order valence-electron chi connectivity index (χ3n) is 7.10. The van der Waals surface area contributed by atoms with Gasteiger partial charge >= 0.3 is 5.97 Å². The lowest BCUT2D eigenvalue weighted by Gasteiger charge is -2.23. The Morgan fingerprint density at radius 2 is 1.68 bits per heavy atom. The molecule has 1 heterocycles. The first-order valence-electron chi connectivity index (χ1n) is 10.8. The summed E-state index contributed by atoms with van der Waals surface area (Å²) >= 11 is 0. The van der Waals surface area contributed by atoms with E-state index in [1.165, 1.54) is 6.92 Å². The van der Waals surface area contributed by atoms with Gasteiger partial charge in [0.15, 0.2) is 6.61 Å². The van der Waals surface area contributed by atoms with Crippen molar-refractivity contribution in [3.8, 4) is 0 Å². The van der Waals surface area contributed by atoms with E-state index < -0.39 is 24.5 Å². The summed E-state index contributed by atoms with van der Waals surface area (Å²) < 4.78 is 5.15. The molecule has 0 spiro atoms. The van der Waals surface area contributed by atoms with Crippen molar-refractivity contribution < 1.29 is 23.9 Å². The van der Waals surface area contributed by atoms with Crippen molar-refractivity contribution in [3.05, 3.63) is 42.5 Å². The van der Waals surface area contributed by atoms with Gasteiger partial charge in [0.05, 0.1) is 11.8 Å². The Bertz CT molecular complexity index is 1060. The van der Waals surface area contributed by atoms with Crippen molar-refractivity contribution >= 4 is 40.2 Å². The molecule has 5 atom stereocenters. The quantitative estimate of drug-likeness (QED) is 0.593. The van der Waals surface area contributed by atoms with Crippen molar-refractivity contribution in [1.29, 1.82) is 0 Å². The number of hydrogen-bond acceptors (Lipinski definition) is 5. The number of ether oxygens (including phenoxy) is 1. The number of amides is 3. The summed E-state index contributed by atoms with van der Waals surface area (Å²) in [7, 11) is 0. The molecule has 2 bridgehead atoms. The minimum absolute atomic E-state index is 0.256. The molecule has 7 heteroatoms. The van der Waals surface area contributed by atoms with Crippen LogP contribution in [-0.4, -0.2) is 41.2 Å². The van der Waals surface area contributed by atoms with E-state index in [9.17, 15) is 19.2 Å². The van der Waals surface area contributed by atoms with Gasteiger partial charge in [-0.2, -0.15) is 0 Å². The monoisotopic (exact) mass is 420 g/mol. The maximum absolute atomic E-state index is 12.9. The number of hydrogen-bond donors (Lipinski definition) is 1. The number of likely N-dealkylation sites (tertiary alicyclic amines) is 1. The molecule has 0 radical (unpaired) electrons. The SMILES string of the molecule is C[C@@H](C(=O)OCC(=O)Nc1cccc2ccccc12)N1C(=O)[C@@H]2[C@H]3CC[C@@H](C3)[C@@H]2C1=O. The number of imide groups is 1. The zero-order valence-electron chi connectivity index (χ0n) is 17.2. The number of rotatable bonds is 5. The highest BCUT2D eigenvalue weighted by Crippen LogP contribution is 2.56. The second kappa shape index (κ2) is 7.48. The Morgan fingerprint density at radius 3 is 2.39 bits per heavy atom. The van der Waals surface area contributed by atoms with Gasteiger partial charge in [0, 0.05) is 11.1 Å². The largest absolute Gasteiger partial charge is 0.454 e. The molecule has 1 aliphatic heterocycles. The number of esters is 1. The summed E-state index contributed by atoms with van der Waals surface area (Å²) in [6, 6.07) is 12.2. The smallest absolute Gasteiger partial charge is 0.329 e. The summed E-state index contributed by atoms with van der Waals surface area (Å²) in [5.74, 6) is -1.80. The second-order valence-electron chi connectivity index (χ2n) is 8.79. The van der Waals surface area contributed by atoms with Gasteiger partial charge in [0.25, 0.3) is 5.91 Å². The molecule has 7 nitrogen and oxygen atoms in total. The normalized spacial score (nSPS) is 27.5. The van der Waals surface area contributed by atoms with Crippen LogP contribution in [0.25, 0.3) is 10.8 Å². The van der Waals surface area contributed by atoms with Crippen LogP contribution in [-0.2, 0) is 23.9 Å². The maximum atomic E-state index is 12.9. The highest BCUT2D eigenvalue weighted by atomic mass is 16.5. The Labute approximate surface area is 179 Å². The number of carbonyl (C=O) groups excluding carboxylic acids is 4. The van der Waals surface area contributed by atoms with Gasteiger partial charge in [-0.25, -0.2) is 4.79 Å². The fourth-order valence-electron chi connectivity index (χ4n) is 5.70. The molecule has 3 amide bonds. The molecule has 3 fully saturated rings. The molecule has 0 aromatic heterocycles. The maximum Gasteiger partial charge on any atom is 0.329 e. The first kappa shape index (κ1) is 19.7. The van der Waals surface area contributed by atoms with Crippen LogP contribution in [0.3, 0.4) is 0 Å². The van der Waals surface area contributed by atoms with Crippen LogP contribution in [0, 0.1) is 23.7 Å². The zero-order chi connectivity index (χ0) is 21.7. The van der Waals surface area contributed by atoms with E-state index in [0.29, 0.717) is 5.69 Å². The van der Waals surface area contributed by atoms with Crippen molar-refractivity contribution in [2.45, 2.75) is 32.2 Å². The molecule has 0 unspecified atom stereocenters. The zero-order valence-corrected chi connectivity index (χ0v) is 17.2. The molecule has 1 N–H and O–H groups in total. The predicted octanol–water partition coefficient (Wildman–Crippen LogP) is 2.74. The van der Waals surface area contributed by atoms with Gasteiger partial charge in [-0.15, -0.1) is 0 Å². The molecule has 5 rings (SSSR count). The number of anilines is 1. The first-order chi connectivity index (χ1) is 15.0. The Hall–Kier alpha value is -3.22. The van der Waals surface area contributed by atoms with Gasteiger partial charge in [-0.3, -0.25) is 19.3 Å². The van der Waals surface area contributed by atoms with Gasteiger partial charge in [0.2, 0.25) is 11.8 Å². The van der Waals surface area contributed by atoms with Gasteiger partial charge < -0.3 is 10.1 Å². The van der Waals surface area contributed by atoms with Crippen LogP contribution < -0.4 is 5.32 Å². The topological polar surface area (TPSA) is 92.8 Å². The first-order valence-corrected chi connectivity index (χ1v) is 10.8. The summed E-state index contributed by atoms with van der Waals surface area (Å²) in [5.41, 5.74) is 0.625. The molecule has 2 aromatic carbocycles. The Morgan fingerprint density at radius 1 is 1.03 bits per heavy atom. The van der Waals surface area contributed by atoms with Gasteiger partial charge in [-0.05, 0) is 49.5 Å². The third-order valence-corrected chi connectivity index (χ3v) is 7.10. The number of fused-ring (bicyclic) bond motifs is 6. The average Bonchev–Trinajstić information content (AvgIpc) is 3.45. The standard InChI is InChI=1S/C24H24N2O5/c1-13(26-22(28)20-15-9-10-16(11-15)21(20)23(26)29)24(30)31-12-19(27)25-18-8-4-6-14-5-2-3-7-17(14)18/h2-8,13,15-16,20-21H,9-12H2,1H3,(H,25,27)/t13-,15-,16-,20-,21+/m0/s1. The van der Waals surface area contributed by atoms with Crippen molar-refractivity contribution in [3.63, 3.8) is 0 Å². The van der Waals surface area contributed by atoms with E-state index >= 15 is 0 Å². The van der Waals surface area contributed by atoms with Crippen molar-refractivity contribution in [2.24, 2.45) is 23.7 Å². The van der Waals surface area contributed by atoms with E-state index in [1.54, 1.807) is 6.07 Å². The van der Waals surface area contributed by atoms with E-state index in [2.05, 4.69) is 5.32 Å².